The number of hydrogen-bond acceptors (Lipinski definition) is 4. The summed E-state index contributed by atoms with van der Waals surface area (Å²) < 4.78 is 38.9. The van der Waals surface area contributed by atoms with Crippen molar-refractivity contribution in [1.29, 1.82) is 0 Å². The molecule has 6 heteroatoms. The van der Waals surface area contributed by atoms with Crippen molar-refractivity contribution in [1.82, 2.24) is 0 Å². The standard InChI is InChI=1S/C27H23FNO4/c1-30-23-7-6-19-21(11-16-4-3-5-18(28)10-16)26-20-13-25-24(32-15-33-25)12-17(20)8-9-29(26)14-22(19)27(23)31-2/h3-7,10,12-14H,8-9,11,15H2,1-2H3/q+1. The fourth-order valence-corrected chi connectivity index (χ4v) is 5.04. The van der Waals surface area contributed by atoms with Gasteiger partial charge in [0.1, 0.15) is 5.82 Å². The molecular formula is C27H23FNO4+. The van der Waals surface area contributed by atoms with E-state index in [1.54, 1.807) is 26.4 Å². The van der Waals surface area contributed by atoms with Gasteiger partial charge in [0.05, 0.1) is 25.2 Å². The van der Waals surface area contributed by atoms with Crippen LogP contribution in [0.2, 0.25) is 0 Å². The van der Waals surface area contributed by atoms with Crippen LogP contribution in [-0.2, 0) is 19.4 Å². The summed E-state index contributed by atoms with van der Waals surface area (Å²) in [7, 11) is 3.30. The maximum Gasteiger partial charge on any atom is 0.231 e. The molecule has 0 aliphatic carbocycles. The molecule has 0 saturated carbocycles. The van der Waals surface area contributed by atoms with E-state index >= 15 is 0 Å². The van der Waals surface area contributed by atoms with Gasteiger partial charge in [-0.1, -0.05) is 12.1 Å². The highest BCUT2D eigenvalue weighted by atomic mass is 19.1. The second-order valence-electron chi connectivity index (χ2n) is 8.33. The van der Waals surface area contributed by atoms with E-state index in [-0.39, 0.29) is 12.6 Å². The van der Waals surface area contributed by atoms with E-state index in [1.807, 2.05) is 12.1 Å². The Morgan fingerprint density at radius 3 is 2.61 bits per heavy atom. The predicted molar refractivity (Wildman–Crippen MR) is 122 cm³/mol. The van der Waals surface area contributed by atoms with Crippen LogP contribution < -0.4 is 23.5 Å². The van der Waals surface area contributed by atoms with Crippen molar-refractivity contribution in [2.45, 2.75) is 19.4 Å². The van der Waals surface area contributed by atoms with Gasteiger partial charge in [0.15, 0.2) is 35.7 Å². The van der Waals surface area contributed by atoms with E-state index in [0.29, 0.717) is 17.9 Å². The molecule has 0 unspecified atom stereocenters. The molecule has 5 nitrogen and oxygen atoms in total. The van der Waals surface area contributed by atoms with Crippen molar-refractivity contribution in [3.63, 3.8) is 0 Å². The normalized spacial score (nSPS) is 13.5. The molecule has 4 aromatic rings. The molecule has 1 aromatic heterocycles. The molecule has 0 amide bonds. The number of rotatable bonds is 4. The number of hydrogen-bond donors (Lipinski definition) is 0. The summed E-state index contributed by atoms with van der Waals surface area (Å²) in [5, 5.41) is 2.02. The Hall–Kier alpha value is -3.80. The molecule has 3 heterocycles. The van der Waals surface area contributed by atoms with Gasteiger partial charge in [-0.25, -0.2) is 4.39 Å². The third-order valence-corrected chi connectivity index (χ3v) is 6.51. The van der Waals surface area contributed by atoms with E-state index in [4.69, 9.17) is 18.9 Å². The van der Waals surface area contributed by atoms with Crippen LogP contribution in [0, 0.1) is 5.82 Å². The highest BCUT2D eigenvalue weighted by Gasteiger charge is 2.32. The van der Waals surface area contributed by atoms with Gasteiger partial charge in [-0.05, 0) is 47.5 Å². The topological polar surface area (TPSA) is 40.8 Å². The lowest BCUT2D eigenvalue weighted by molar-refractivity contribution is -0.686. The molecule has 0 fully saturated rings. The smallest absolute Gasteiger partial charge is 0.231 e. The summed E-state index contributed by atoms with van der Waals surface area (Å²) in [6.07, 6.45) is 3.59. The van der Waals surface area contributed by atoms with Crippen LogP contribution in [0.3, 0.4) is 0 Å². The zero-order chi connectivity index (χ0) is 22.5. The number of aromatic nitrogens is 1. The highest BCUT2D eigenvalue weighted by molar-refractivity contribution is 5.95. The van der Waals surface area contributed by atoms with E-state index in [0.717, 1.165) is 57.6 Å². The molecule has 0 N–H and O–H groups in total. The number of benzene rings is 3. The molecule has 0 radical (unpaired) electrons. The second kappa shape index (κ2) is 7.66. The first-order chi connectivity index (χ1) is 16.2. The summed E-state index contributed by atoms with van der Waals surface area (Å²) in [6, 6.07) is 14.9. The largest absolute Gasteiger partial charge is 0.493 e. The summed E-state index contributed by atoms with van der Waals surface area (Å²) in [5.74, 6) is 2.69. The van der Waals surface area contributed by atoms with Gasteiger partial charge in [-0.15, -0.1) is 0 Å². The van der Waals surface area contributed by atoms with Gasteiger partial charge < -0.3 is 18.9 Å². The van der Waals surface area contributed by atoms with Crippen LogP contribution in [0.4, 0.5) is 4.39 Å². The maximum atomic E-state index is 14.1. The van der Waals surface area contributed by atoms with Gasteiger partial charge in [-0.3, -0.25) is 0 Å². The lowest BCUT2D eigenvalue weighted by atomic mass is 9.88. The van der Waals surface area contributed by atoms with E-state index in [2.05, 4.69) is 29.0 Å². The maximum absolute atomic E-state index is 14.1. The molecule has 0 saturated heterocycles. The average Bonchev–Trinajstić information content (AvgIpc) is 3.29. The molecule has 2 aliphatic heterocycles. The van der Waals surface area contributed by atoms with Gasteiger partial charge >= 0.3 is 0 Å². The highest BCUT2D eigenvalue weighted by Crippen LogP contribution is 2.44. The molecule has 2 aliphatic rings. The van der Waals surface area contributed by atoms with Gasteiger partial charge in [0, 0.05) is 23.8 Å². The Morgan fingerprint density at radius 2 is 1.82 bits per heavy atom. The van der Waals surface area contributed by atoms with Crippen molar-refractivity contribution in [2.75, 3.05) is 21.0 Å². The number of aryl methyl sites for hydroxylation is 2. The Morgan fingerprint density at radius 1 is 0.970 bits per heavy atom. The first-order valence-electron chi connectivity index (χ1n) is 10.9. The SMILES string of the molecule is COc1ccc2c(Cc3cccc(F)c3)c3[n+](cc2c1OC)CCc1cc2c(cc1-3)OCO2. The lowest BCUT2D eigenvalue weighted by Gasteiger charge is -2.21. The number of nitrogens with zero attached hydrogens (tertiary/aromatic N) is 1. The first-order valence-corrected chi connectivity index (χ1v) is 10.9. The summed E-state index contributed by atoms with van der Waals surface area (Å²) in [5.41, 5.74) is 5.47. The van der Waals surface area contributed by atoms with Crippen molar-refractivity contribution in [3.8, 4) is 34.3 Å². The second-order valence-corrected chi connectivity index (χ2v) is 8.33. The van der Waals surface area contributed by atoms with Crippen LogP contribution in [0.5, 0.6) is 23.0 Å². The predicted octanol–water partition coefficient (Wildman–Crippen LogP) is 4.83. The molecular weight excluding hydrogens is 421 g/mol. The number of fused-ring (bicyclic) bond motifs is 5. The van der Waals surface area contributed by atoms with Gasteiger partial charge in [0.25, 0.3) is 0 Å². The minimum absolute atomic E-state index is 0.239. The van der Waals surface area contributed by atoms with Crippen molar-refractivity contribution >= 4 is 10.8 Å². The van der Waals surface area contributed by atoms with E-state index in [9.17, 15) is 4.39 Å². The third kappa shape index (κ3) is 3.17. The minimum atomic E-state index is -0.239. The van der Waals surface area contributed by atoms with Crippen LogP contribution in [0.25, 0.3) is 22.0 Å². The number of halogens is 1. The van der Waals surface area contributed by atoms with Crippen LogP contribution >= 0.6 is 0 Å². The van der Waals surface area contributed by atoms with Crippen LogP contribution in [0.15, 0.2) is 54.7 Å². The van der Waals surface area contributed by atoms with Gasteiger partial charge in [-0.2, -0.15) is 4.57 Å². The Labute approximate surface area is 190 Å². The number of ether oxygens (including phenoxy) is 4. The Bertz CT molecular complexity index is 1420. The molecule has 0 atom stereocenters. The molecule has 0 spiro atoms. The quantitative estimate of drug-likeness (QED) is 0.423. The Balaban J connectivity index is 1.66. The minimum Gasteiger partial charge on any atom is -0.493 e. The summed E-state index contributed by atoms with van der Waals surface area (Å²) >= 11 is 0. The fraction of sp³-hybridized carbons (Fsp3) is 0.222. The van der Waals surface area contributed by atoms with Gasteiger partial charge in [0.2, 0.25) is 12.5 Å². The number of pyridine rings is 1. The molecule has 3 aromatic carbocycles. The average molecular weight is 444 g/mol. The van der Waals surface area contributed by atoms with E-state index < -0.39 is 0 Å². The molecule has 0 bridgehead atoms. The lowest BCUT2D eigenvalue weighted by Crippen LogP contribution is -2.41. The summed E-state index contributed by atoms with van der Waals surface area (Å²) in [6.45, 7) is 1.05. The Kier molecular flexibility index (Phi) is 4.61. The first kappa shape index (κ1) is 19.9. The van der Waals surface area contributed by atoms with Crippen molar-refractivity contribution in [2.24, 2.45) is 0 Å². The fourth-order valence-electron chi connectivity index (χ4n) is 5.04. The molecule has 33 heavy (non-hydrogen) atoms. The molecule has 166 valence electrons. The zero-order valence-electron chi connectivity index (χ0n) is 18.5. The summed E-state index contributed by atoms with van der Waals surface area (Å²) in [4.78, 5) is 0. The molecule has 6 rings (SSSR count). The van der Waals surface area contributed by atoms with E-state index in [1.165, 1.54) is 11.6 Å². The van der Waals surface area contributed by atoms with Crippen molar-refractivity contribution in [3.05, 3.63) is 77.2 Å². The van der Waals surface area contributed by atoms with Crippen molar-refractivity contribution < 1.29 is 27.9 Å². The van der Waals surface area contributed by atoms with Crippen LogP contribution in [-0.4, -0.2) is 21.0 Å². The zero-order valence-corrected chi connectivity index (χ0v) is 18.5. The third-order valence-electron chi connectivity index (χ3n) is 6.51. The van der Waals surface area contributed by atoms with Crippen LogP contribution in [0.1, 0.15) is 16.7 Å². The number of methoxy groups -OCH3 is 2. The monoisotopic (exact) mass is 444 g/mol.